The van der Waals surface area contributed by atoms with Gasteiger partial charge in [0.25, 0.3) is 0 Å². The Morgan fingerprint density at radius 2 is 2.25 bits per heavy atom. The number of ether oxygens (including phenoxy) is 1. The molecule has 0 aliphatic carbocycles. The molecule has 20 heavy (non-hydrogen) atoms. The zero-order chi connectivity index (χ0) is 14.9. The zero-order valence-corrected chi connectivity index (χ0v) is 10.7. The predicted octanol–water partition coefficient (Wildman–Crippen LogP) is 2.23. The second kappa shape index (κ2) is 5.01. The first kappa shape index (κ1) is 13.5. The third kappa shape index (κ3) is 2.31. The van der Waals surface area contributed by atoms with Crippen molar-refractivity contribution in [1.29, 1.82) is 5.26 Å². The summed E-state index contributed by atoms with van der Waals surface area (Å²) < 4.78 is 20.2. The van der Waals surface area contributed by atoms with Gasteiger partial charge in [-0.2, -0.15) is 10.4 Å². The maximum absolute atomic E-state index is 13.7. The molecule has 0 aliphatic rings. The van der Waals surface area contributed by atoms with Crippen molar-refractivity contribution in [3.05, 3.63) is 40.8 Å². The van der Waals surface area contributed by atoms with Gasteiger partial charge in [-0.25, -0.2) is 13.9 Å². The Labute approximate surface area is 113 Å². The van der Waals surface area contributed by atoms with E-state index in [1.807, 2.05) is 0 Å². The maximum atomic E-state index is 13.7. The van der Waals surface area contributed by atoms with E-state index in [0.717, 1.165) is 6.07 Å². The number of nitriles is 1. The molecule has 102 valence electrons. The van der Waals surface area contributed by atoms with Crippen molar-refractivity contribution in [3.63, 3.8) is 0 Å². The minimum Gasteiger partial charge on any atom is -0.477 e. The van der Waals surface area contributed by atoms with Gasteiger partial charge in [0.1, 0.15) is 5.56 Å². The first-order valence-corrected chi connectivity index (χ1v) is 5.58. The molecule has 1 aromatic heterocycles. The van der Waals surface area contributed by atoms with Gasteiger partial charge in [-0.3, -0.25) is 0 Å². The number of carboxylic acids is 1. The van der Waals surface area contributed by atoms with E-state index in [1.54, 1.807) is 6.07 Å². The molecule has 2 rings (SSSR count). The lowest BCUT2D eigenvalue weighted by Gasteiger charge is -2.08. The molecule has 0 bridgehead atoms. The fourth-order valence-corrected chi connectivity index (χ4v) is 1.76. The van der Waals surface area contributed by atoms with Crippen LogP contribution >= 0.6 is 0 Å². The number of aromatic carboxylic acids is 1. The van der Waals surface area contributed by atoms with Crippen molar-refractivity contribution in [1.82, 2.24) is 9.78 Å². The lowest BCUT2D eigenvalue weighted by atomic mass is 10.2. The number of hydrogen-bond acceptors (Lipinski definition) is 4. The predicted molar refractivity (Wildman–Crippen MR) is 66.1 cm³/mol. The Morgan fingerprint density at radius 3 is 2.80 bits per heavy atom. The number of nitrogens with zero attached hydrogens (tertiary/aromatic N) is 3. The second-order valence-electron chi connectivity index (χ2n) is 4.05. The highest BCUT2D eigenvalue weighted by molar-refractivity contribution is 5.91. The monoisotopic (exact) mass is 275 g/mol. The number of hydrogen-bond donors (Lipinski definition) is 1. The molecule has 7 heteroatoms. The fraction of sp³-hybridized carbons (Fsp3) is 0.154. The molecule has 2 aromatic rings. The number of benzene rings is 1. The number of halogens is 1. The van der Waals surface area contributed by atoms with E-state index >= 15 is 0 Å². The van der Waals surface area contributed by atoms with Gasteiger partial charge >= 0.3 is 5.97 Å². The summed E-state index contributed by atoms with van der Waals surface area (Å²) in [5.41, 5.74) is 0.287. The van der Waals surface area contributed by atoms with Crippen LogP contribution in [0.2, 0.25) is 0 Å². The molecule has 1 aromatic carbocycles. The average Bonchev–Trinajstić information content (AvgIpc) is 2.66. The number of rotatable bonds is 3. The molecule has 0 saturated heterocycles. The van der Waals surface area contributed by atoms with Crippen LogP contribution in [0.3, 0.4) is 0 Å². The van der Waals surface area contributed by atoms with Crippen molar-refractivity contribution in [2.45, 2.75) is 6.92 Å². The Kier molecular flexibility index (Phi) is 3.39. The number of carboxylic acid groups (broad SMARTS) is 1. The van der Waals surface area contributed by atoms with Crippen molar-refractivity contribution in [3.8, 4) is 17.7 Å². The van der Waals surface area contributed by atoms with Crippen molar-refractivity contribution < 1.29 is 19.0 Å². The van der Waals surface area contributed by atoms with Crippen LogP contribution in [0.15, 0.2) is 18.2 Å². The van der Waals surface area contributed by atoms with E-state index < -0.39 is 11.8 Å². The molecule has 6 nitrogen and oxygen atoms in total. The summed E-state index contributed by atoms with van der Waals surface area (Å²) in [4.78, 5) is 11.2. The maximum Gasteiger partial charge on any atom is 0.343 e. The van der Waals surface area contributed by atoms with Crippen LogP contribution in [-0.2, 0) is 7.05 Å². The average molecular weight is 275 g/mol. The van der Waals surface area contributed by atoms with Crippen LogP contribution < -0.4 is 4.74 Å². The van der Waals surface area contributed by atoms with Crippen LogP contribution in [-0.4, -0.2) is 20.9 Å². The smallest absolute Gasteiger partial charge is 0.343 e. The largest absolute Gasteiger partial charge is 0.477 e. The summed E-state index contributed by atoms with van der Waals surface area (Å²) in [6, 6.07) is 5.45. The zero-order valence-electron chi connectivity index (χ0n) is 10.7. The third-order valence-electron chi connectivity index (χ3n) is 2.65. The highest BCUT2D eigenvalue weighted by atomic mass is 19.1. The molecule has 0 radical (unpaired) electrons. The third-order valence-corrected chi connectivity index (χ3v) is 2.65. The first-order chi connectivity index (χ1) is 9.43. The minimum absolute atomic E-state index is 0.0707. The van der Waals surface area contributed by atoms with Gasteiger partial charge in [-0.05, 0) is 25.1 Å². The van der Waals surface area contributed by atoms with Gasteiger partial charge in [0, 0.05) is 7.05 Å². The van der Waals surface area contributed by atoms with Gasteiger partial charge in [-0.1, -0.05) is 0 Å². The van der Waals surface area contributed by atoms with Gasteiger partial charge < -0.3 is 9.84 Å². The number of carbonyl (C=O) groups is 1. The number of aromatic nitrogens is 2. The Balaban J connectivity index is 2.46. The van der Waals surface area contributed by atoms with Gasteiger partial charge in [-0.15, -0.1) is 0 Å². The molecule has 1 heterocycles. The van der Waals surface area contributed by atoms with Crippen molar-refractivity contribution >= 4 is 5.97 Å². The highest BCUT2D eigenvalue weighted by Crippen LogP contribution is 2.29. The molecule has 0 aliphatic heterocycles. The van der Waals surface area contributed by atoms with E-state index in [0.29, 0.717) is 0 Å². The molecular weight excluding hydrogens is 265 g/mol. The summed E-state index contributed by atoms with van der Waals surface area (Å²) >= 11 is 0. The van der Waals surface area contributed by atoms with Crippen LogP contribution in [0.4, 0.5) is 4.39 Å². The van der Waals surface area contributed by atoms with E-state index in [2.05, 4.69) is 5.10 Å². The molecule has 0 spiro atoms. The summed E-state index contributed by atoms with van der Waals surface area (Å²) in [7, 11) is 1.50. The highest BCUT2D eigenvalue weighted by Gasteiger charge is 2.22. The van der Waals surface area contributed by atoms with Crippen molar-refractivity contribution in [2.75, 3.05) is 0 Å². The van der Waals surface area contributed by atoms with Crippen LogP contribution in [0.5, 0.6) is 11.6 Å². The normalized spacial score (nSPS) is 10.1. The summed E-state index contributed by atoms with van der Waals surface area (Å²) in [6.45, 7) is 1.52. The summed E-state index contributed by atoms with van der Waals surface area (Å²) in [6.07, 6.45) is 0. The lowest BCUT2D eigenvalue weighted by Crippen LogP contribution is -2.02. The first-order valence-electron chi connectivity index (χ1n) is 5.58. The van der Waals surface area contributed by atoms with E-state index in [4.69, 9.17) is 15.1 Å². The molecular formula is C13H10FN3O3. The Morgan fingerprint density at radius 1 is 1.55 bits per heavy atom. The van der Waals surface area contributed by atoms with Crippen molar-refractivity contribution in [2.24, 2.45) is 7.05 Å². The summed E-state index contributed by atoms with van der Waals surface area (Å²) in [5.74, 6) is -2.20. The van der Waals surface area contributed by atoms with E-state index in [9.17, 15) is 9.18 Å². The van der Waals surface area contributed by atoms with Gasteiger partial charge in [0.2, 0.25) is 5.88 Å². The molecule has 0 amide bonds. The van der Waals surface area contributed by atoms with Gasteiger partial charge in [0.15, 0.2) is 11.6 Å². The molecule has 0 unspecified atom stereocenters. The molecule has 0 fully saturated rings. The van der Waals surface area contributed by atoms with Crippen LogP contribution in [0.1, 0.15) is 21.6 Å². The van der Waals surface area contributed by atoms with Crippen LogP contribution in [0.25, 0.3) is 0 Å². The van der Waals surface area contributed by atoms with E-state index in [1.165, 1.54) is 30.8 Å². The SMILES string of the molecule is Cc1nn(C)c(Oc2ccc(C#N)cc2F)c1C(=O)O. The molecule has 0 saturated carbocycles. The summed E-state index contributed by atoms with van der Waals surface area (Å²) in [5, 5.41) is 21.7. The van der Waals surface area contributed by atoms with Gasteiger partial charge in [0.05, 0.1) is 17.3 Å². The fourth-order valence-electron chi connectivity index (χ4n) is 1.76. The Hall–Kier alpha value is -2.88. The van der Waals surface area contributed by atoms with E-state index in [-0.39, 0.29) is 28.5 Å². The number of aryl methyl sites for hydroxylation is 2. The Bertz CT molecular complexity index is 731. The second-order valence-corrected chi connectivity index (χ2v) is 4.05. The quantitative estimate of drug-likeness (QED) is 0.927. The standard InChI is InChI=1S/C13H10FN3O3/c1-7-11(13(18)19)12(17(2)16-7)20-10-4-3-8(6-15)5-9(10)14/h3-5H,1-2H3,(H,18,19). The molecule has 0 atom stereocenters. The lowest BCUT2D eigenvalue weighted by molar-refractivity contribution is 0.0693. The van der Waals surface area contributed by atoms with Crippen LogP contribution in [0, 0.1) is 24.1 Å². The topological polar surface area (TPSA) is 88.1 Å². The molecule has 1 N–H and O–H groups in total. The minimum atomic E-state index is -1.21.